The first-order valence-corrected chi connectivity index (χ1v) is 6.85. The number of halogens is 1. The van der Waals surface area contributed by atoms with Crippen molar-refractivity contribution in [2.75, 3.05) is 12.5 Å². The zero-order valence-corrected chi connectivity index (χ0v) is 11.9. The summed E-state index contributed by atoms with van der Waals surface area (Å²) in [6.45, 7) is 2.37. The van der Waals surface area contributed by atoms with Gasteiger partial charge in [0.25, 0.3) is 0 Å². The summed E-state index contributed by atoms with van der Waals surface area (Å²) >= 11 is 5.38. The number of hydrogen-bond acceptors (Lipinski definition) is 4. The number of ketones is 1. The number of hydrogen-bond donors (Lipinski definition) is 2. The highest BCUT2D eigenvalue weighted by Crippen LogP contribution is 2.00. The summed E-state index contributed by atoms with van der Waals surface area (Å²) in [4.78, 5) is 33.6. The van der Waals surface area contributed by atoms with Crippen molar-refractivity contribution in [3.05, 3.63) is 0 Å². The highest BCUT2D eigenvalue weighted by atomic mass is 35.5. The predicted molar refractivity (Wildman–Crippen MR) is 72.0 cm³/mol. The van der Waals surface area contributed by atoms with E-state index >= 15 is 0 Å². The molecule has 0 aromatic heterocycles. The van der Waals surface area contributed by atoms with Crippen molar-refractivity contribution in [3.8, 4) is 0 Å². The Morgan fingerprint density at radius 1 is 1.26 bits per heavy atom. The molecule has 6 nitrogen and oxygen atoms in total. The van der Waals surface area contributed by atoms with Crippen molar-refractivity contribution >= 4 is 29.4 Å². The largest absolute Gasteiger partial charge is 0.450 e. The number of alkyl halides is 1. The molecule has 0 aromatic carbocycles. The van der Waals surface area contributed by atoms with Gasteiger partial charge in [-0.3, -0.25) is 9.59 Å². The molecule has 0 heterocycles. The number of unbranched alkanes of at least 4 members (excludes halogenated alkanes) is 3. The van der Waals surface area contributed by atoms with Crippen molar-refractivity contribution in [3.63, 3.8) is 0 Å². The van der Waals surface area contributed by atoms with Crippen molar-refractivity contribution < 1.29 is 19.1 Å². The number of nitrogens with one attached hydrogen (secondary N) is 1. The highest BCUT2D eigenvalue weighted by molar-refractivity contribution is 6.28. The summed E-state index contributed by atoms with van der Waals surface area (Å²) in [5.41, 5.74) is 4.99. The quantitative estimate of drug-likeness (QED) is 0.469. The minimum Gasteiger partial charge on any atom is -0.450 e. The minimum absolute atomic E-state index is 0.281. The van der Waals surface area contributed by atoms with Gasteiger partial charge in [-0.1, -0.05) is 26.2 Å². The van der Waals surface area contributed by atoms with Gasteiger partial charge >= 0.3 is 6.09 Å². The smallest absolute Gasteiger partial charge is 0.407 e. The average molecular weight is 293 g/mol. The van der Waals surface area contributed by atoms with Gasteiger partial charge in [-0.25, -0.2) is 4.79 Å². The van der Waals surface area contributed by atoms with Crippen LogP contribution < -0.4 is 11.1 Å². The van der Waals surface area contributed by atoms with Crippen LogP contribution in [-0.4, -0.2) is 36.3 Å². The molecule has 0 spiro atoms. The van der Waals surface area contributed by atoms with Gasteiger partial charge in [0.2, 0.25) is 5.91 Å². The number of ether oxygens (including phenoxy) is 1. The second-order valence-corrected chi connectivity index (χ2v) is 4.43. The fraction of sp³-hybridized carbons (Fsp3) is 0.750. The van der Waals surface area contributed by atoms with Gasteiger partial charge < -0.3 is 15.8 Å². The standard InChI is InChI=1S/C12H21ClN2O4/c1-2-3-4-5-6-19-12(18)15-9(7-11(14)17)10(16)8-13/h9H,2-8H2,1H3,(H2,14,17)(H,15,18)/t9-/m1/s1. The number of rotatable bonds is 10. The lowest BCUT2D eigenvalue weighted by Crippen LogP contribution is -2.44. The third kappa shape index (κ3) is 9.30. The summed E-state index contributed by atoms with van der Waals surface area (Å²) in [7, 11) is 0. The molecule has 3 N–H and O–H groups in total. The van der Waals surface area contributed by atoms with Crippen LogP contribution in [0.5, 0.6) is 0 Å². The van der Waals surface area contributed by atoms with Crippen LogP contribution in [0.15, 0.2) is 0 Å². The van der Waals surface area contributed by atoms with E-state index in [9.17, 15) is 14.4 Å². The second-order valence-electron chi connectivity index (χ2n) is 4.16. The van der Waals surface area contributed by atoms with Crippen LogP contribution in [0.1, 0.15) is 39.0 Å². The maximum Gasteiger partial charge on any atom is 0.407 e. The number of nitrogens with two attached hydrogens (primary N) is 1. The Kier molecular flexibility index (Phi) is 9.88. The van der Waals surface area contributed by atoms with Crippen LogP contribution in [-0.2, 0) is 14.3 Å². The third-order valence-electron chi connectivity index (χ3n) is 2.45. The van der Waals surface area contributed by atoms with E-state index in [1.165, 1.54) is 0 Å². The molecular weight excluding hydrogens is 272 g/mol. The lowest BCUT2D eigenvalue weighted by molar-refractivity contribution is -0.124. The van der Waals surface area contributed by atoms with Crippen LogP contribution >= 0.6 is 11.6 Å². The van der Waals surface area contributed by atoms with Crippen LogP contribution in [0.4, 0.5) is 4.79 Å². The van der Waals surface area contributed by atoms with E-state index in [2.05, 4.69) is 12.2 Å². The van der Waals surface area contributed by atoms with Gasteiger partial charge in [0.1, 0.15) is 6.04 Å². The number of carbonyl (C=O) groups excluding carboxylic acids is 3. The molecule has 0 aliphatic rings. The van der Waals surface area contributed by atoms with Gasteiger partial charge in [-0.15, -0.1) is 11.6 Å². The number of Topliss-reactive ketones (excluding diaryl/α,β-unsaturated/α-hetero) is 1. The molecule has 0 aliphatic carbocycles. The van der Waals surface area contributed by atoms with Crippen molar-refractivity contribution in [2.45, 2.75) is 45.1 Å². The van der Waals surface area contributed by atoms with Gasteiger partial charge in [-0.05, 0) is 6.42 Å². The molecular formula is C12H21ClN2O4. The highest BCUT2D eigenvalue weighted by Gasteiger charge is 2.22. The molecule has 1 atom stereocenters. The number of primary amides is 1. The molecule has 0 unspecified atom stereocenters. The Morgan fingerprint density at radius 3 is 2.47 bits per heavy atom. The monoisotopic (exact) mass is 292 g/mol. The summed E-state index contributed by atoms with van der Waals surface area (Å²) in [5.74, 6) is -1.45. The predicted octanol–water partition coefficient (Wildman–Crippen LogP) is 1.34. The Labute approximate surface area is 118 Å². The molecule has 0 aromatic rings. The lowest BCUT2D eigenvalue weighted by Gasteiger charge is -2.14. The zero-order valence-electron chi connectivity index (χ0n) is 11.1. The SMILES string of the molecule is CCCCCCOC(=O)N[C@H](CC(N)=O)C(=O)CCl. The van der Waals surface area contributed by atoms with E-state index in [0.29, 0.717) is 0 Å². The van der Waals surface area contributed by atoms with E-state index in [4.69, 9.17) is 22.1 Å². The molecule has 0 saturated carbocycles. The molecule has 0 rings (SSSR count). The van der Waals surface area contributed by atoms with Crippen LogP contribution in [0.3, 0.4) is 0 Å². The third-order valence-corrected chi connectivity index (χ3v) is 2.71. The van der Waals surface area contributed by atoms with E-state index in [0.717, 1.165) is 25.7 Å². The molecule has 7 heteroatoms. The maximum absolute atomic E-state index is 11.4. The second kappa shape index (κ2) is 10.6. The minimum atomic E-state index is -1.02. The van der Waals surface area contributed by atoms with Crippen molar-refractivity contribution in [1.82, 2.24) is 5.32 Å². The molecule has 2 amide bonds. The first-order chi connectivity index (χ1) is 9.01. The van der Waals surface area contributed by atoms with Gasteiger partial charge in [0, 0.05) is 0 Å². The maximum atomic E-state index is 11.4. The van der Waals surface area contributed by atoms with Crippen LogP contribution in [0, 0.1) is 0 Å². The summed E-state index contributed by atoms with van der Waals surface area (Å²) in [6, 6.07) is -1.02. The van der Waals surface area contributed by atoms with E-state index < -0.39 is 23.8 Å². The topological polar surface area (TPSA) is 98.5 Å². The molecule has 0 aliphatic heterocycles. The Bertz CT molecular complexity index is 310. The van der Waals surface area contributed by atoms with Crippen molar-refractivity contribution in [1.29, 1.82) is 0 Å². The summed E-state index contributed by atoms with van der Waals surface area (Å²) in [5, 5.41) is 2.29. The fourth-order valence-electron chi connectivity index (χ4n) is 1.42. The van der Waals surface area contributed by atoms with E-state index in [1.54, 1.807) is 0 Å². The number of alkyl carbamates (subject to hydrolysis) is 1. The Morgan fingerprint density at radius 2 is 1.95 bits per heavy atom. The number of amides is 2. The van der Waals surface area contributed by atoms with Gasteiger partial charge in [0.15, 0.2) is 5.78 Å². The molecule has 0 radical (unpaired) electrons. The Hall–Kier alpha value is -1.30. The molecule has 0 saturated heterocycles. The molecule has 0 bridgehead atoms. The Balaban J connectivity index is 4.02. The first-order valence-electron chi connectivity index (χ1n) is 6.31. The normalized spacial score (nSPS) is 11.7. The van der Waals surface area contributed by atoms with Crippen molar-refractivity contribution in [2.24, 2.45) is 5.73 Å². The van der Waals surface area contributed by atoms with Gasteiger partial charge in [-0.2, -0.15) is 0 Å². The lowest BCUT2D eigenvalue weighted by atomic mass is 10.1. The zero-order chi connectivity index (χ0) is 14.7. The van der Waals surface area contributed by atoms with E-state index in [-0.39, 0.29) is 18.9 Å². The molecule has 0 fully saturated rings. The number of carbonyl (C=O) groups is 3. The fourth-order valence-corrected chi connectivity index (χ4v) is 1.60. The first kappa shape index (κ1) is 17.7. The summed E-state index contributed by atoms with van der Waals surface area (Å²) in [6.07, 6.45) is 2.91. The van der Waals surface area contributed by atoms with Crippen LogP contribution in [0.2, 0.25) is 0 Å². The summed E-state index contributed by atoms with van der Waals surface area (Å²) < 4.78 is 4.90. The molecule has 19 heavy (non-hydrogen) atoms. The molecule has 110 valence electrons. The van der Waals surface area contributed by atoms with E-state index in [1.807, 2.05) is 0 Å². The average Bonchev–Trinajstić information content (AvgIpc) is 2.36. The van der Waals surface area contributed by atoms with Crippen LogP contribution in [0.25, 0.3) is 0 Å². The van der Waals surface area contributed by atoms with Gasteiger partial charge in [0.05, 0.1) is 18.9 Å².